The van der Waals surface area contributed by atoms with E-state index in [2.05, 4.69) is 5.32 Å². The SMILES string of the molecule is NC(Cc1ccc(F)cc1)[C@H]1CCCN1. The van der Waals surface area contributed by atoms with E-state index in [1.54, 1.807) is 0 Å². The lowest BCUT2D eigenvalue weighted by atomic mass is 9.99. The maximum atomic E-state index is 12.7. The summed E-state index contributed by atoms with van der Waals surface area (Å²) in [6, 6.07) is 7.16. The Morgan fingerprint density at radius 3 is 2.73 bits per heavy atom. The summed E-state index contributed by atoms with van der Waals surface area (Å²) >= 11 is 0. The summed E-state index contributed by atoms with van der Waals surface area (Å²) in [4.78, 5) is 0. The largest absolute Gasteiger partial charge is 0.326 e. The average molecular weight is 208 g/mol. The van der Waals surface area contributed by atoms with Crippen LogP contribution in [0.25, 0.3) is 0 Å². The van der Waals surface area contributed by atoms with Crippen LogP contribution in [-0.2, 0) is 6.42 Å². The van der Waals surface area contributed by atoms with Crippen LogP contribution in [0.1, 0.15) is 18.4 Å². The first-order valence-electron chi connectivity index (χ1n) is 5.49. The number of rotatable bonds is 3. The van der Waals surface area contributed by atoms with Crippen molar-refractivity contribution < 1.29 is 4.39 Å². The van der Waals surface area contributed by atoms with Crippen molar-refractivity contribution in [1.82, 2.24) is 5.32 Å². The summed E-state index contributed by atoms with van der Waals surface area (Å²) in [7, 11) is 0. The lowest BCUT2D eigenvalue weighted by molar-refractivity contribution is 0.481. The molecule has 82 valence electrons. The van der Waals surface area contributed by atoms with E-state index in [9.17, 15) is 4.39 Å². The minimum absolute atomic E-state index is 0.137. The highest BCUT2D eigenvalue weighted by molar-refractivity contribution is 5.17. The molecule has 1 aliphatic rings. The maximum Gasteiger partial charge on any atom is 0.123 e. The third kappa shape index (κ3) is 2.76. The van der Waals surface area contributed by atoms with Gasteiger partial charge in [-0.25, -0.2) is 4.39 Å². The van der Waals surface area contributed by atoms with Crippen molar-refractivity contribution in [2.45, 2.75) is 31.3 Å². The van der Waals surface area contributed by atoms with Gasteiger partial charge in [-0.15, -0.1) is 0 Å². The van der Waals surface area contributed by atoms with Crippen LogP contribution in [0.5, 0.6) is 0 Å². The fourth-order valence-corrected chi connectivity index (χ4v) is 2.11. The Morgan fingerprint density at radius 2 is 2.13 bits per heavy atom. The maximum absolute atomic E-state index is 12.7. The molecular formula is C12H17FN2. The highest BCUT2D eigenvalue weighted by Crippen LogP contribution is 2.12. The minimum atomic E-state index is -0.189. The number of benzene rings is 1. The summed E-state index contributed by atoms with van der Waals surface area (Å²) in [6.45, 7) is 1.07. The van der Waals surface area contributed by atoms with Crippen LogP contribution in [0.2, 0.25) is 0 Å². The Hall–Kier alpha value is -0.930. The smallest absolute Gasteiger partial charge is 0.123 e. The molecule has 3 N–H and O–H groups in total. The average Bonchev–Trinajstić information content (AvgIpc) is 2.74. The zero-order valence-electron chi connectivity index (χ0n) is 8.75. The van der Waals surface area contributed by atoms with E-state index < -0.39 is 0 Å². The van der Waals surface area contributed by atoms with Gasteiger partial charge < -0.3 is 11.1 Å². The van der Waals surface area contributed by atoms with Crippen LogP contribution in [-0.4, -0.2) is 18.6 Å². The van der Waals surface area contributed by atoms with Crippen molar-refractivity contribution >= 4 is 0 Å². The summed E-state index contributed by atoms with van der Waals surface area (Å²) < 4.78 is 12.7. The van der Waals surface area contributed by atoms with Gasteiger partial charge in [-0.1, -0.05) is 12.1 Å². The Labute approximate surface area is 89.7 Å². The quantitative estimate of drug-likeness (QED) is 0.789. The molecule has 0 bridgehead atoms. The number of hydrogen-bond acceptors (Lipinski definition) is 2. The number of hydrogen-bond donors (Lipinski definition) is 2. The first-order valence-corrected chi connectivity index (χ1v) is 5.49. The van der Waals surface area contributed by atoms with Crippen molar-refractivity contribution in [3.8, 4) is 0 Å². The van der Waals surface area contributed by atoms with Gasteiger partial charge in [0, 0.05) is 12.1 Å². The standard InChI is InChI=1S/C12H17FN2/c13-10-5-3-9(4-6-10)8-11(14)12-2-1-7-15-12/h3-6,11-12,15H,1-2,7-8,14H2/t11?,12-/m1/s1. The molecule has 0 saturated carbocycles. The molecule has 0 aromatic heterocycles. The molecule has 2 rings (SSSR count). The normalized spacial score (nSPS) is 22.9. The fraction of sp³-hybridized carbons (Fsp3) is 0.500. The van der Waals surface area contributed by atoms with Crippen molar-refractivity contribution in [1.29, 1.82) is 0 Å². The predicted molar refractivity (Wildman–Crippen MR) is 59.1 cm³/mol. The molecule has 2 atom stereocenters. The molecule has 1 heterocycles. The van der Waals surface area contributed by atoms with Crippen LogP contribution in [0.3, 0.4) is 0 Å². The third-order valence-corrected chi connectivity index (χ3v) is 3.00. The van der Waals surface area contributed by atoms with Crippen molar-refractivity contribution in [2.24, 2.45) is 5.73 Å². The summed E-state index contributed by atoms with van der Waals surface area (Å²) in [5.74, 6) is -0.189. The molecule has 1 unspecified atom stereocenters. The second kappa shape index (κ2) is 4.73. The van der Waals surface area contributed by atoms with Gasteiger partial charge in [0.1, 0.15) is 5.82 Å². The first kappa shape index (κ1) is 10.6. The fourth-order valence-electron chi connectivity index (χ4n) is 2.11. The van der Waals surface area contributed by atoms with Crippen molar-refractivity contribution in [2.75, 3.05) is 6.54 Å². The van der Waals surface area contributed by atoms with Crippen molar-refractivity contribution in [3.63, 3.8) is 0 Å². The summed E-state index contributed by atoms with van der Waals surface area (Å²) in [5, 5.41) is 3.39. The molecule has 1 aromatic rings. The summed E-state index contributed by atoms with van der Waals surface area (Å²) in [6.07, 6.45) is 3.18. The van der Waals surface area contributed by atoms with Gasteiger partial charge in [0.05, 0.1) is 0 Å². The minimum Gasteiger partial charge on any atom is -0.326 e. The van der Waals surface area contributed by atoms with Gasteiger partial charge in [0.2, 0.25) is 0 Å². The molecule has 1 aromatic carbocycles. The van der Waals surface area contributed by atoms with Gasteiger partial charge >= 0.3 is 0 Å². The van der Waals surface area contributed by atoms with Crippen LogP contribution in [0.15, 0.2) is 24.3 Å². The Kier molecular flexibility index (Phi) is 3.34. The zero-order valence-corrected chi connectivity index (χ0v) is 8.75. The first-order chi connectivity index (χ1) is 7.25. The molecule has 2 nitrogen and oxygen atoms in total. The second-order valence-electron chi connectivity index (χ2n) is 4.20. The van der Waals surface area contributed by atoms with Crippen LogP contribution >= 0.6 is 0 Å². The molecule has 0 spiro atoms. The third-order valence-electron chi connectivity index (χ3n) is 3.00. The monoisotopic (exact) mass is 208 g/mol. The van der Waals surface area contributed by atoms with E-state index >= 15 is 0 Å². The van der Waals surface area contributed by atoms with Crippen LogP contribution in [0.4, 0.5) is 4.39 Å². The predicted octanol–water partition coefficient (Wildman–Crippen LogP) is 1.45. The van der Waals surface area contributed by atoms with Crippen LogP contribution in [0, 0.1) is 5.82 Å². The Balaban J connectivity index is 1.92. The van der Waals surface area contributed by atoms with E-state index in [4.69, 9.17) is 5.73 Å². The number of nitrogens with two attached hydrogens (primary N) is 1. The van der Waals surface area contributed by atoms with Gasteiger partial charge in [0.25, 0.3) is 0 Å². The molecule has 0 amide bonds. The topological polar surface area (TPSA) is 38.0 Å². The molecule has 0 aliphatic carbocycles. The van der Waals surface area contributed by atoms with Gasteiger partial charge in [-0.3, -0.25) is 0 Å². The lowest BCUT2D eigenvalue weighted by Crippen LogP contribution is -2.42. The molecule has 0 radical (unpaired) electrons. The Bertz CT molecular complexity index is 304. The van der Waals surface area contributed by atoms with Gasteiger partial charge in [-0.05, 0) is 43.5 Å². The number of halogens is 1. The molecule has 1 fully saturated rings. The molecule has 1 aliphatic heterocycles. The number of nitrogens with one attached hydrogen (secondary N) is 1. The van der Waals surface area contributed by atoms with Crippen molar-refractivity contribution in [3.05, 3.63) is 35.6 Å². The highest BCUT2D eigenvalue weighted by Gasteiger charge is 2.21. The van der Waals surface area contributed by atoms with E-state index in [1.807, 2.05) is 12.1 Å². The Morgan fingerprint density at radius 1 is 1.40 bits per heavy atom. The van der Waals surface area contributed by atoms with E-state index in [1.165, 1.54) is 18.6 Å². The lowest BCUT2D eigenvalue weighted by Gasteiger charge is -2.19. The van der Waals surface area contributed by atoms with Crippen LogP contribution < -0.4 is 11.1 Å². The van der Waals surface area contributed by atoms with Gasteiger partial charge in [0.15, 0.2) is 0 Å². The second-order valence-corrected chi connectivity index (χ2v) is 4.20. The zero-order chi connectivity index (χ0) is 10.7. The van der Waals surface area contributed by atoms with Gasteiger partial charge in [-0.2, -0.15) is 0 Å². The molecule has 1 saturated heterocycles. The highest BCUT2D eigenvalue weighted by atomic mass is 19.1. The van der Waals surface area contributed by atoms with E-state index in [0.717, 1.165) is 24.9 Å². The molecule has 3 heteroatoms. The molecular weight excluding hydrogens is 191 g/mol. The molecule has 15 heavy (non-hydrogen) atoms. The summed E-state index contributed by atoms with van der Waals surface area (Å²) in [5.41, 5.74) is 7.20. The van der Waals surface area contributed by atoms with E-state index in [-0.39, 0.29) is 11.9 Å². The van der Waals surface area contributed by atoms with E-state index in [0.29, 0.717) is 6.04 Å².